The zero-order valence-electron chi connectivity index (χ0n) is 11.3. The smallest absolute Gasteiger partial charge is 0.326 e. The van der Waals surface area contributed by atoms with E-state index >= 15 is 0 Å². The zero-order chi connectivity index (χ0) is 14.6. The molecule has 0 spiro atoms. The fourth-order valence-corrected chi connectivity index (χ4v) is 4.10. The van der Waals surface area contributed by atoms with Gasteiger partial charge in [-0.05, 0) is 24.7 Å². The van der Waals surface area contributed by atoms with Crippen LogP contribution in [0.15, 0.2) is 0 Å². The molecule has 0 aliphatic carbocycles. The number of carbonyl (C=O) groups is 2. The van der Waals surface area contributed by atoms with Crippen molar-refractivity contribution in [3.8, 4) is 0 Å². The summed E-state index contributed by atoms with van der Waals surface area (Å²) in [5.74, 6) is -1.30. The fraction of sp³-hybridized carbons (Fsp3) is 0.833. The van der Waals surface area contributed by atoms with Gasteiger partial charge in [0.1, 0.15) is 6.04 Å². The van der Waals surface area contributed by atoms with Crippen LogP contribution in [-0.2, 0) is 19.4 Å². The number of hydrogen-bond acceptors (Lipinski definition) is 4. The lowest BCUT2D eigenvalue weighted by Gasteiger charge is -2.17. The molecule has 2 N–H and O–H groups in total. The van der Waals surface area contributed by atoms with Gasteiger partial charge >= 0.3 is 5.97 Å². The minimum atomic E-state index is -3.00. The summed E-state index contributed by atoms with van der Waals surface area (Å²) in [7, 11) is -3.00. The third-order valence-corrected chi connectivity index (χ3v) is 4.98. The first-order valence-electron chi connectivity index (χ1n) is 6.42. The Labute approximate surface area is 113 Å². The van der Waals surface area contributed by atoms with E-state index in [0.29, 0.717) is 12.8 Å². The van der Waals surface area contributed by atoms with E-state index in [2.05, 4.69) is 5.32 Å². The Morgan fingerprint density at radius 3 is 2.42 bits per heavy atom. The van der Waals surface area contributed by atoms with Crippen molar-refractivity contribution in [1.29, 1.82) is 0 Å². The minimum absolute atomic E-state index is 0.0301. The molecule has 2 atom stereocenters. The van der Waals surface area contributed by atoms with Crippen LogP contribution in [0.2, 0.25) is 0 Å². The normalized spacial score (nSPS) is 23.2. The van der Waals surface area contributed by atoms with Crippen LogP contribution in [0.5, 0.6) is 0 Å². The molecule has 110 valence electrons. The lowest BCUT2D eigenvalue weighted by Crippen LogP contribution is -2.42. The first-order chi connectivity index (χ1) is 8.69. The molecule has 1 saturated heterocycles. The Bertz CT molecular complexity index is 443. The number of aliphatic carboxylic acids is 1. The molecule has 1 fully saturated rings. The SMILES string of the molecule is CC(C)C[C@@H](NC(=O)CC1CCS(=O)(=O)C1)C(=O)O. The predicted octanol–water partition coefficient (Wildman–Crippen LogP) is 0.427. The molecule has 1 amide bonds. The van der Waals surface area contributed by atoms with E-state index < -0.39 is 21.8 Å². The molecular weight excluding hydrogens is 270 g/mol. The van der Waals surface area contributed by atoms with Crippen molar-refractivity contribution in [2.75, 3.05) is 11.5 Å². The summed E-state index contributed by atoms with van der Waals surface area (Å²) >= 11 is 0. The molecule has 7 heteroatoms. The highest BCUT2D eigenvalue weighted by Gasteiger charge is 2.30. The van der Waals surface area contributed by atoms with E-state index in [-0.39, 0.29) is 35.7 Å². The Balaban J connectivity index is 2.47. The quantitative estimate of drug-likeness (QED) is 0.739. The number of sulfone groups is 1. The van der Waals surface area contributed by atoms with Gasteiger partial charge in [-0.15, -0.1) is 0 Å². The van der Waals surface area contributed by atoms with Gasteiger partial charge in [0.05, 0.1) is 11.5 Å². The second kappa shape index (κ2) is 6.36. The van der Waals surface area contributed by atoms with Gasteiger partial charge in [0.15, 0.2) is 9.84 Å². The number of nitrogens with one attached hydrogen (secondary N) is 1. The summed E-state index contributed by atoms with van der Waals surface area (Å²) in [6.07, 6.45) is 0.933. The van der Waals surface area contributed by atoms with Crippen molar-refractivity contribution >= 4 is 21.7 Å². The molecule has 0 radical (unpaired) electrons. The second-order valence-corrected chi connectivity index (χ2v) is 7.79. The average Bonchev–Trinajstić information content (AvgIpc) is 2.56. The highest BCUT2D eigenvalue weighted by atomic mass is 32.2. The van der Waals surface area contributed by atoms with Crippen LogP contribution in [0, 0.1) is 11.8 Å². The standard InChI is InChI=1S/C12H21NO5S/c1-8(2)5-10(12(15)16)13-11(14)6-9-3-4-19(17,18)7-9/h8-10H,3-7H2,1-2H3,(H,13,14)(H,15,16)/t9?,10-/m1/s1. The maximum absolute atomic E-state index is 11.7. The molecule has 1 rings (SSSR count). The summed E-state index contributed by atoms with van der Waals surface area (Å²) in [5.41, 5.74) is 0. The molecule has 0 bridgehead atoms. The Morgan fingerprint density at radius 1 is 1.37 bits per heavy atom. The van der Waals surface area contributed by atoms with Gasteiger partial charge in [0.25, 0.3) is 0 Å². The minimum Gasteiger partial charge on any atom is -0.480 e. The summed E-state index contributed by atoms with van der Waals surface area (Å²) in [5, 5.41) is 11.5. The van der Waals surface area contributed by atoms with Gasteiger partial charge in [-0.25, -0.2) is 13.2 Å². The molecule has 0 aromatic rings. The number of amides is 1. The van der Waals surface area contributed by atoms with Crippen LogP contribution in [0.1, 0.15) is 33.1 Å². The van der Waals surface area contributed by atoms with Gasteiger partial charge in [-0.3, -0.25) is 4.79 Å². The molecule has 1 aliphatic rings. The first kappa shape index (κ1) is 15.9. The summed E-state index contributed by atoms with van der Waals surface area (Å²) < 4.78 is 22.5. The molecule has 0 aromatic carbocycles. The van der Waals surface area contributed by atoms with E-state index in [9.17, 15) is 18.0 Å². The van der Waals surface area contributed by atoms with Gasteiger partial charge in [-0.2, -0.15) is 0 Å². The van der Waals surface area contributed by atoms with Crippen LogP contribution in [0.4, 0.5) is 0 Å². The molecule has 1 unspecified atom stereocenters. The van der Waals surface area contributed by atoms with Gasteiger partial charge in [0.2, 0.25) is 5.91 Å². The number of hydrogen-bond donors (Lipinski definition) is 2. The van der Waals surface area contributed by atoms with Crippen molar-refractivity contribution < 1.29 is 23.1 Å². The first-order valence-corrected chi connectivity index (χ1v) is 8.24. The molecule has 1 heterocycles. The molecule has 6 nitrogen and oxygen atoms in total. The third-order valence-electron chi connectivity index (χ3n) is 3.14. The zero-order valence-corrected chi connectivity index (χ0v) is 12.1. The van der Waals surface area contributed by atoms with E-state index in [1.165, 1.54) is 0 Å². The lowest BCUT2D eigenvalue weighted by molar-refractivity contribution is -0.142. The lowest BCUT2D eigenvalue weighted by atomic mass is 10.0. The topological polar surface area (TPSA) is 101 Å². The Kier molecular flexibility index (Phi) is 5.34. The molecule has 0 saturated carbocycles. The summed E-state index contributed by atoms with van der Waals surface area (Å²) in [6, 6.07) is -0.898. The van der Waals surface area contributed by atoms with E-state index in [1.54, 1.807) is 0 Å². The molecule has 19 heavy (non-hydrogen) atoms. The molecule has 0 aromatic heterocycles. The number of carboxylic acids is 1. The average molecular weight is 291 g/mol. The number of rotatable bonds is 6. The Hall–Kier alpha value is -1.11. The van der Waals surface area contributed by atoms with Crippen LogP contribution < -0.4 is 5.32 Å². The highest BCUT2D eigenvalue weighted by molar-refractivity contribution is 7.91. The van der Waals surface area contributed by atoms with E-state index in [4.69, 9.17) is 5.11 Å². The maximum atomic E-state index is 11.7. The monoisotopic (exact) mass is 291 g/mol. The van der Waals surface area contributed by atoms with E-state index in [0.717, 1.165) is 0 Å². The summed E-state index contributed by atoms with van der Waals surface area (Å²) in [4.78, 5) is 22.7. The van der Waals surface area contributed by atoms with Crippen molar-refractivity contribution in [2.45, 2.75) is 39.2 Å². The van der Waals surface area contributed by atoms with Gasteiger partial charge < -0.3 is 10.4 Å². The van der Waals surface area contributed by atoms with Crippen molar-refractivity contribution in [2.24, 2.45) is 11.8 Å². The maximum Gasteiger partial charge on any atom is 0.326 e. The van der Waals surface area contributed by atoms with Crippen LogP contribution in [-0.4, -0.2) is 42.9 Å². The fourth-order valence-electron chi connectivity index (χ4n) is 2.24. The summed E-state index contributed by atoms with van der Waals surface area (Å²) in [6.45, 7) is 3.76. The predicted molar refractivity (Wildman–Crippen MR) is 70.4 cm³/mol. The Morgan fingerprint density at radius 2 is 2.00 bits per heavy atom. The van der Waals surface area contributed by atoms with Gasteiger partial charge in [-0.1, -0.05) is 13.8 Å². The molecular formula is C12H21NO5S. The van der Waals surface area contributed by atoms with Crippen molar-refractivity contribution in [3.63, 3.8) is 0 Å². The van der Waals surface area contributed by atoms with Crippen LogP contribution in [0.3, 0.4) is 0 Å². The van der Waals surface area contributed by atoms with Crippen molar-refractivity contribution in [3.05, 3.63) is 0 Å². The van der Waals surface area contributed by atoms with Crippen molar-refractivity contribution in [1.82, 2.24) is 5.32 Å². The highest BCUT2D eigenvalue weighted by Crippen LogP contribution is 2.21. The van der Waals surface area contributed by atoms with Gasteiger partial charge in [0, 0.05) is 6.42 Å². The largest absolute Gasteiger partial charge is 0.480 e. The number of carboxylic acid groups (broad SMARTS) is 1. The van der Waals surface area contributed by atoms with Crippen LogP contribution >= 0.6 is 0 Å². The number of carbonyl (C=O) groups excluding carboxylic acids is 1. The third kappa shape index (κ3) is 5.59. The van der Waals surface area contributed by atoms with Crippen LogP contribution in [0.25, 0.3) is 0 Å². The molecule has 1 aliphatic heterocycles. The van der Waals surface area contributed by atoms with E-state index in [1.807, 2.05) is 13.8 Å². The second-order valence-electron chi connectivity index (χ2n) is 5.56.